The van der Waals surface area contributed by atoms with Gasteiger partial charge in [0.1, 0.15) is 5.82 Å². The zero-order chi connectivity index (χ0) is 10.4. The minimum Gasteiger partial charge on any atom is -0.370 e. The van der Waals surface area contributed by atoms with Gasteiger partial charge in [-0.3, -0.25) is 0 Å². The molecule has 4 nitrogen and oxygen atoms in total. The smallest absolute Gasteiger partial charge is 0.224 e. The summed E-state index contributed by atoms with van der Waals surface area (Å²) in [5, 5.41) is 3.46. The number of halogens is 1. The molecule has 0 spiro atoms. The van der Waals surface area contributed by atoms with Gasteiger partial charge in [-0.1, -0.05) is 0 Å². The second kappa shape index (κ2) is 5.78. The van der Waals surface area contributed by atoms with Crippen molar-refractivity contribution in [1.29, 1.82) is 0 Å². The molecule has 1 aromatic heterocycles. The van der Waals surface area contributed by atoms with E-state index in [2.05, 4.69) is 34.3 Å². The van der Waals surface area contributed by atoms with Gasteiger partial charge in [-0.15, -0.1) is 0 Å². The first-order chi connectivity index (χ1) is 6.68. The van der Waals surface area contributed by atoms with Gasteiger partial charge in [0.05, 0.1) is 0 Å². The average Bonchev–Trinajstić information content (AvgIpc) is 2.12. The van der Waals surface area contributed by atoms with Crippen LogP contribution in [0.5, 0.6) is 0 Å². The van der Waals surface area contributed by atoms with Crippen LogP contribution in [-0.2, 0) is 0 Å². The summed E-state index contributed by atoms with van der Waals surface area (Å²) in [4.78, 5) is 9.97. The first-order valence-corrected chi connectivity index (χ1v) is 4.93. The molecule has 1 heterocycles. The topological polar surface area (TPSA) is 41.0 Å². The summed E-state index contributed by atoms with van der Waals surface area (Å²) in [6, 6.07) is 1.81. The van der Waals surface area contributed by atoms with Gasteiger partial charge in [-0.05, 0) is 44.7 Å². The van der Waals surface area contributed by atoms with Crippen molar-refractivity contribution in [3.8, 4) is 0 Å². The highest BCUT2D eigenvalue weighted by Crippen LogP contribution is 2.05. The molecule has 5 heteroatoms. The summed E-state index contributed by atoms with van der Waals surface area (Å²) in [6.45, 7) is 1.96. The van der Waals surface area contributed by atoms with Crippen LogP contribution in [0.15, 0.2) is 12.3 Å². The second-order valence-corrected chi connectivity index (χ2v) is 3.63. The molecule has 1 rings (SSSR count). The molecular formula is C9H15ClN4. The van der Waals surface area contributed by atoms with Crippen molar-refractivity contribution in [2.24, 2.45) is 0 Å². The summed E-state index contributed by atoms with van der Waals surface area (Å²) in [5.74, 6) is 0.781. The fourth-order valence-electron chi connectivity index (χ4n) is 1.05. The van der Waals surface area contributed by atoms with Crippen LogP contribution in [0, 0.1) is 0 Å². The third kappa shape index (κ3) is 4.39. The van der Waals surface area contributed by atoms with E-state index in [4.69, 9.17) is 11.6 Å². The molecule has 1 aromatic rings. The number of nitrogens with one attached hydrogen (secondary N) is 1. The Hall–Kier alpha value is -0.870. The summed E-state index contributed by atoms with van der Waals surface area (Å²) in [5.41, 5.74) is 0. The minimum atomic E-state index is 0.280. The van der Waals surface area contributed by atoms with Crippen molar-refractivity contribution in [2.45, 2.75) is 6.42 Å². The van der Waals surface area contributed by atoms with E-state index < -0.39 is 0 Å². The van der Waals surface area contributed by atoms with E-state index in [-0.39, 0.29) is 5.28 Å². The van der Waals surface area contributed by atoms with Gasteiger partial charge in [0, 0.05) is 12.7 Å². The Kier molecular flexibility index (Phi) is 4.62. The zero-order valence-electron chi connectivity index (χ0n) is 8.50. The molecule has 0 radical (unpaired) electrons. The lowest BCUT2D eigenvalue weighted by molar-refractivity contribution is 0.405. The number of rotatable bonds is 5. The highest BCUT2D eigenvalue weighted by molar-refractivity contribution is 6.28. The molecule has 0 aliphatic heterocycles. The first kappa shape index (κ1) is 11.2. The lowest BCUT2D eigenvalue weighted by Gasteiger charge is -2.09. The number of anilines is 1. The van der Waals surface area contributed by atoms with E-state index in [1.54, 1.807) is 6.20 Å². The number of aromatic nitrogens is 2. The Morgan fingerprint density at radius 2 is 2.29 bits per heavy atom. The van der Waals surface area contributed by atoms with Crippen molar-refractivity contribution in [3.63, 3.8) is 0 Å². The fraction of sp³-hybridized carbons (Fsp3) is 0.556. The van der Waals surface area contributed by atoms with Crippen molar-refractivity contribution >= 4 is 17.4 Å². The van der Waals surface area contributed by atoms with Gasteiger partial charge < -0.3 is 10.2 Å². The summed E-state index contributed by atoms with van der Waals surface area (Å²) in [7, 11) is 4.11. The van der Waals surface area contributed by atoms with E-state index in [0.29, 0.717) is 0 Å². The van der Waals surface area contributed by atoms with Crippen molar-refractivity contribution in [1.82, 2.24) is 14.9 Å². The lowest BCUT2D eigenvalue weighted by Crippen LogP contribution is -2.16. The molecule has 78 valence electrons. The Labute approximate surface area is 89.3 Å². The monoisotopic (exact) mass is 214 g/mol. The molecule has 0 amide bonds. The van der Waals surface area contributed by atoms with Crippen LogP contribution in [0.4, 0.5) is 5.82 Å². The van der Waals surface area contributed by atoms with Gasteiger partial charge in [0.15, 0.2) is 0 Å². The van der Waals surface area contributed by atoms with Crippen LogP contribution >= 0.6 is 11.6 Å². The molecule has 14 heavy (non-hydrogen) atoms. The van der Waals surface area contributed by atoms with Crippen molar-refractivity contribution in [3.05, 3.63) is 17.5 Å². The maximum atomic E-state index is 5.64. The molecule has 0 aliphatic carbocycles. The molecule has 0 bridgehead atoms. The first-order valence-electron chi connectivity index (χ1n) is 4.55. The molecule has 0 unspecified atom stereocenters. The maximum absolute atomic E-state index is 5.64. The summed E-state index contributed by atoms with van der Waals surface area (Å²) < 4.78 is 0. The molecular weight excluding hydrogens is 200 g/mol. The Bertz CT molecular complexity index is 277. The predicted octanol–water partition coefficient (Wildman–Crippen LogP) is 1.49. The summed E-state index contributed by atoms with van der Waals surface area (Å²) >= 11 is 5.64. The van der Waals surface area contributed by atoms with Crippen LogP contribution < -0.4 is 5.32 Å². The molecule has 0 fully saturated rings. The number of nitrogens with zero attached hydrogens (tertiary/aromatic N) is 3. The SMILES string of the molecule is CN(C)CCCNc1ccnc(Cl)n1. The van der Waals surface area contributed by atoms with E-state index in [0.717, 1.165) is 25.3 Å². The molecule has 0 aliphatic rings. The average molecular weight is 215 g/mol. The largest absolute Gasteiger partial charge is 0.370 e. The van der Waals surface area contributed by atoms with Gasteiger partial charge in [0.2, 0.25) is 5.28 Å². The molecule has 0 atom stereocenters. The van der Waals surface area contributed by atoms with E-state index in [1.807, 2.05) is 6.07 Å². The molecule has 0 aromatic carbocycles. The van der Waals surface area contributed by atoms with Gasteiger partial charge in [0.25, 0.3) is 0 Å². The Morgan fingerprint density at radius 3 is 2.93 bits per heavy atom. The molecule has 0 saturated carbocycles. The molecule has 0 saturated heterocycles. The third-order valence-electron chi connectivity index (χ3n) is 1.71. The quantitative estimate of drug-likeness (QED) is 0.596. The van der Waals surface area contributed by atoms with Gasteiger partial charge in [-0.25, -0.2) is 9.97 Å². The minimum absolute atomic E-state index is 0.280. The highest BCUT2D eigenvalue weighted by atomic mass is 35.5. The van der Waals surface area contributed by atoms with Crippen LogP contribution in [-0.4, -0.2) is 42.1 Å². The number of hydrogen-bond acceptors (Lipinski definition) is 4. The predicted molar refractivity (Wildman–Crippen MR) is 58.7 cm³/mol. The van der Waals surface area contributed by atoms with Crippen LogP contribution in [0.25, 0.3) is 0 Å². The van der Waals surface area contributed by atoms with Crippen LogP contribution in [0.2, 0.25) is 5.28 Å². The van der Waals surface area contributed by atoms with Crippen molar-refractivity contribution in [2.75, 3.05) is 32.5 Å². The van der Waals surface area contributed by atoms with Gasteiger partial charge >= 0.3 is 0 Å². The van der Waals surface area contributed by atoms with E-state index in [1.165, 1.54) is 0 Å². The second-order valence-electron chi connectivity index (χ2n) is 3.29. The normalized spacial score (nSPS) is 10.6. The van der Waals surface area contributed by atoms with Gasteiger partial charge in [-0.2, -0.15) is 0 Å². The Balaban J connectivity index is 2.25. The van der Waals surface area contributed by atoms with Crippen LogP contribution in [0.3, 0.4) is 0 Å². The van der Waals surface area contributed by atoms with Crippen molar-refractivity contribution < 1.29 is 0 Å². The lowest BCUT2D eigenvalue weighted by atomic mass is 10.4. The van der Waals surface area contributed by atoms with Crippen LogP contribution in [0.1, 0.15) is 6.42 Å². The highest BCUT2D eigenvalue weighted by Gasteiger charge is 1.95. The fourth-order valence-corrected chi connectivity index (χ4v) is 1.19. The zero-order valence-corrected chi connectivity index (χ0v) is 9.25. The third-order valence-corrected chi connectivity index (χ3v) is 1.90. The molecule has 1 N–H and O–H groups in total. The Morgan fingerprint density at radius 1 is 1.50 bits per heavy atom. The summed E-state index contributed by atoms with van der Waals surface area (Å²) in [6.07, 6.45) is 2.72. The number of hydrogen-bond donors (Lipinski definition) is 1. The maximum Gasteiger partial charge on any atom is 0.224 e. The van der Waals surface area contributed by atoms with E-state index >= 15 is 0 Å². The standard InChI is InChI=1S/C9H15ClN4/c1-14(2)7-3-5-11-8-4-6-12-9(10)13-8/h4,6H,3,5,7H2,1-2H3,(H,11,12,13). The van der Waals surface area contributed by atoms with E-state index in [9.17, 15) is 0 Å².